The molecule has 128 valence electrons. The Bertz CT molecular complexity index is 412. The number of carboxylic acids is 1. The van der Waals surface area contributed by atoms with Crippen molar-refractivity contribution in [1.29, 1.82) is 0 Å². The van der Waals surface area contributed by atoms with Crippen molar-refractivity contribution in [2.45, 2.75) is 64.7 Å². The molecule has 2 nitrogen and oxygen atoms in total. The smallest absolute Gasteiger partial charge is 0.303 e. The quantitative estimate of drug-likeness (QED) is 0.298. The second-order valence-corrected chi connectivity index (χ2v) is 5.34. The summed E-state index contributed by atoms with van der Waals surface area (Å²) in [6, 6.07) is 0. The van der Waals surface area contributed by atoms with Crippen LogP contribution in [0, 0.1) is 0 Å². The topological polar surface area (TPSA) is 37.3 Å². The van der Waals surface area contributed by atoms with Gasteiger partial charge in [-0.3, -0.25) is 4.79 Å². The van der Waals surface area contributed by atoms with E-state index in [1.807, 2.05) is 0 Å². The first-order chi connectivity index (χ1) is 11.3. The average molecular weight is 316 g/mol. The van der Waals surface area contributed by atoms with Gasteiger partial charge in [0.1, 0.15) is 0 Å². The fraction of sp³-hybridized carbons (Fsp3) is 0.476. The summed E-state index contributed by atoms with van der Waals surface area (Å²) in [5.41, 5.74) is 0. The van der Waals surface area contributed by atoms with Crippen LogP contribution in [0.25, 0.3) is 0 Å². The maximum absolute atomic E-state index is 10.3. The molecule has 0 aliphatic carbocycles. The number of rotatable bonds is 14. The molecule has 2 heteroatoms. The zero-order valence-electron chi connectivity index (χ0n) is 14.5. The molecule has 0 unspecified atom stereocenters. The zero-order chi connectivity index (χ0) is 17.0. The van der Waals surface area contributed by atoms with Crippen LogP contribution in [0.5, 0.6) is 0 Å². The van der Waals surface area contributed by atoms with E-state index >= 15 is 0 Å². The molecule has 0 rings (SSSR count). The van der Waals surface area contributed by atoms with Gasteiger partial charge in [-0.15, -0.1) is 0 Å². The molecule has 0 spiro atoms. The van der Waals surface area contributed by atoms with E-state index in [4.69, 9.17) is 5.11 Å². The van der Waals surface area contributed by atoms with Crippen molar-refractivity contribution in [3.05, 3.63) is 60.8 Å². The Labute approximate surface area is 142 Å². The number of hydrogen-bond donors (Lipinski definition) is 1. The number of unbranched alkanes of at least 4 members (excludes halogenated alkanes) is 2. The third-order valence-electron chi connectivity index (χ3n) is 3.15. The molecule has 0 amide bonds. The molecule has 0 fully saturated rings. The van der Waals surface area contributed by atoms with Crippen LogP contribution < -0.4 is 0 Å². The lowest BCUT2D eigenvalue weighted by Gasteiger charge is -1.91. The molecule has 0 bridgehead atoms. The normalized spacial score (nSPS) is 12.7. The van der Waals surface area contributed by atoms with Gasteiger partial charge in [-0.05, 0) is 51.4 Å². The van der Waals surface area contributed by atoms with E-state index in [9.17, 15) is 4.79 Å². The summed E-state index contributed by atoms with van der Waals surface area (Å²) >= 11 is 0. The number of hydrogen-bond acceptors (Lipinski definition) is 1. The lowest BCUT2D eigenvalue weighted by atomic mass is 10.2. The van der Waals surface area contributed by atoms with E-state index in [0.29, 0.717) is 0 Å². The van der Waals surface area contributed by atoms with Crippen LogP contribution in [-0.2, 0) is 4.79 Å². The highest BCUT2D eigenvalue weighted by atomic mass is 16.4. The molecule has 0 aliphatic rings. The van der Waals surface area contributed by atoms with Gasteiger partial charge in [0.2, 0.25) is 0 Å². The largest absolute Gasteiger partial charge is 0.481 e. The predicted molar refractivity (Wildman–Crippen MR) is 101 cm³/mol. The van der Waals surface area contributed by atoms with E-state index in [2.05, 4.69) is 67.7 Å². The third-order valence-corrected chi connectivity index (χ3v) is 3.15. The van der Waals surface area contributed by atoms with Gasteiger partial charge < -0.3 is 5.11 Å². The second kappa shape index (κ2) is 18.2. The maximum Gasteiger partial charge on any atom is 0.303 e. The minimum absolute atomic E-state index is 0.265. The van der Waals surface area contributed by atoms with Crippen LogP contribution >= 0.6 is 0 Å². The molecule has 0 saturated carbocycles. The molecule has 0 aliphatic heterocycles. The number of carboxylic acid groups (broad SMARTS) is 1. The van der Waals surface area contributed by atoms with Crippen molar-refractivity contribution < 1.29 is 9.90 Å². The van der Waals surface area contributed by atoms with E-state index in [0.717, 1.165) is 51.4 Å². The highest BCUT2D eigenvalue weighted by Crippen LogP contribution is 2.00. The highest BCUT2D eigenvalue weighted by molar-refractivity contribution is 5.66. The number of aliphatic carboxylic acids is 1. The Hall–Kier alpha value is -1.83. The summed E-state index contributed by atoms with van der Waals surface area (Å²) in [6.07, 6.45) is 29.9. The number of allylic oxidation sites excluding steroid dienone is 10. The van der Waals surface area contributed by atoms with Gasteiger partial charge in [0, 0.05) is 6.42 Å². The van der Waals surface area contributed by atoms with Gasteiger partial charge >= 0.3 is 5.97 Å². The van der Waals surface area contributed by atoms with E-state index in [-0.39, 0.29) is 6.42 Å². The molecule has 0 aromatic rings. The Morgan fingerprint density at radius 1 is 0.696 bits per heavy atom. The standard InChI is InChI=1S/C21H32O2/c1-2-3-4-5-6-7-8-9-10-11-12-13-14-15-16-17-18-19-20-21(22)23/h3-4,6-7,9-10,12-13,16-17H,2,5,8,11,14-15,18-20H2,1H3,(H,22,23). The van der Waals surface area contributed by atoms with Crippen molar-refractivity contribution in [3.8, 4) is 0 Å². The summed E-state index contributed by atoms with van der Waals surface area (Å²) in [5, 5.41) is 8.50. The van der Waals surface area contributed by atoms with E-state index in [1.54, 1.807) is 0 Å². The van der Waals surface area contributed by atoms with Crippen LogP contribution in [0.2, 0.25) is 0 Å². The second-order valence-electron chi connectivity index (χ2n) is 5.34. The lowest BCUT2D eigenvalue weighted by Crippen LogP contribution is -1.92. The molecule has 0 radical (unpaired) electrons. The molecule has 0 atom stereocenters. The molecule has 0 aromatic carbocycles. The summed E-state index contributed by atoms with van der Waals surface area (Å²) in [5.74, 6) is -0.710. The zero-order valence-corrected chi connectivity index (χ0v) is 14.5. The lowest BCUT2D eigenvalue weighted by molar-refractivity contribution is -0.137. The first-order valence-corrected chi connectivity index (χ1v) is 8.74. The monoisotopic (exact) mass is 316 g/mol. The van der Waals surface area contributed by atoms with Crippen LogP contribution in [0.4, 0.5) is 0 Å². The summed E-state index contributed by atoms with van der Waals surface area (Å²) < 4.78 is 0. The highest BCUT2D eigenvalue weighted by Gasteiger charge is 1.92. The van der Waals surface area contributed by atoms with Crippen molar-refractivity contribution in [3.63, 3.8) is 0 Å². The van der Waals surface area contributed by atoms with Crippen LogP contribution in [0.15, 0.2) is 60.8 Å². The van der Waals surface area contributed by atoms with Crippen molar-refractivity contribution in [1.82, 2.24) is 0 Å². The van der Waals surface area contributed by atoms with E-state index < -0.39 is 5.97 Å². The Kier molecular flexibility index (Phi) is 16.8. The van der Waals surface area contributed by atoms with Crippen molar-refractivity contribution in [2.24, 2.45) is 0 Å². The summed E-state index contributed by atoms with van der Waals surface area (Å²) in [7, 11) is 0. The fourth-order valence-corrected chi connectivity index (χ4v) is 1.90. The Morgan fingerprint density at radius 3 is 1.65 bits per heavy atom. The predicted octanol–water partition coefficient (Wildman–Crippen LogP) is 6.38. The van der Waals surface area contributed by atoms with Crippen LogP contribution in [-0.4, -0.2) is 11.1 Å². The first-order valence-electron chi connectivity index (χ1n) is 8.74. The summed E-state index contributed by atoms with van der Waals surface area (Å²) in [6.45, 7) is 2.15. The molecule has 23 heavy (non-hydrogen) atoms. The average Bonchev–Trinajstić information content (AvgIpc) is 2.53. The van der Waals surface area contributed by atoms with Crippen molar-refractivity contribution >= 4 is 5.97 Å². The number of carbonyl (C=O) groups is 1. The van der Waals surface area contributed by atoms with Gasteiger partial charge in [0.15, 0.2) is 0 Å². The Morgan fingerprint density at radius 2 is 1.13 bits per heavy atom. The van der Waals surface area contributed by atoms with Gasteiger partial charge in [-0.25, -0.2) is 0 Å². The molecule has 0 saturated heterocycles. The van der Waals surface area contributed by atoms with Crippen LogP contribution in [0.3, 0.4) is 0 Å². The molecule has 1 N–H and O–H groups in total. The SMILES string of the molecule is CCC=CCC=CCC=CCC=CCCC=CCCCC(=O)O. The molecular weight excluding hydrogens is 284 g/mol. The third kappa shape index (κ3) is 20.2. The maximum atomic E-state index is 10.3. The van der Waals surface area contributed by atoms with E-state index in [1.165, 1.54) is 0 Å². The molecule has 0 aromatic heterocycles. The minimum Gasteiger partial charge on any atom is -0.481 e. The van der Waals surface area contributed by atoms with Gasteiger partial charge in [-0.1, -0.05) is 67.7 Å². The minimum atomic E-state index is -0.710. The van der Waals surface area contributed by atoms with Gasteiger partial charge in [-0.2, -0.15) is 0 Å². The van der Waals surface area contributed by atoms with Crippen molar-refractivity contribution in [2.75, 3.05) is 0 Å². The molecule has 0 heterocycles. The summed E-state index contributed by atoms with van der Waals surface area (Å²) in [4.78, 5) is 10.3. The first kappa shape index (κ1) is 21.2. The van der Waals surface area contributed by atoms with Gasteiger partial charge in [0.25, 0.3) is 0 Å². The fourth-order valence-electron chi connectivity index (χ4n) is 1.90. The molecular formula is C21H32O2. The van der Waals surface area contributed by atoms with Gasteiger partial charge in [0.05, 0.1) is 0 Å². The van der Waals surface area contributed by atoms with Crippen LogP contribution in [0.1, 0.15) is 64.7 Å². The Balaban J connectivity index is 3.43.